The first-order valence-corrected chi connectivity index (χ1v) is 30.4. The second-order valence-electron chi connectivity index (χ2n) is 20.4. The number of allylic oxidation sites excluding steroid dienone is 12. The molecular formula is C82H73ClN4O4. The van der Waals surface area contributed by atoms with Crippen LogP contribution >= 0.6 is 11.6 Å². The lowest BCUT2D eigenvalue weighted by molar-refractivity contribution is 0.414. The molecule has 0 saturated heterocycles. The Balaban J connectivity index is 1.18. The Kier molecular flexibility index (Phi) is 26.3. The minimum Gasteiger partial charge on any atom is -0.497 e. The third-order valence-electron chi connectivity index (χ3n) is 14.1. The Labute approximate surface area is 541 Å². The van der Waals surface area contributed by atoms with Gasteiger partial charge in [-0.3, -0.25) is 0 Å². The summed E-state index contributed by atoms with van der Waals surface area (Å²) in [5.74, 6) is 17.1. The number of methoxy groups -OCH3 is 4. The van der Waals surface area contributed by atoms with Crippen LogP contribution in [0, 0.1) is 0 Å². The molecule has 0 heterocycles. The monoisotopic (exact) mass is 1210 g/mol. The van der Waals surface area contributed by atoms with Crippen LogP contribution in [0.4, 0.5) is 0 Å². The molecule has 0 aliphatic carbocycles. The zero-order chi connectivity index (χ0) is 63.7. The lowest BCUT2D eigenvalue weighted by atomic mass is 9.99. The van der Waals surface area contributed by atoms with Crippen molar-refractivity contribution in [1.82, 2.24) is 0 Å². The molecule has 0 unspecified atom stereocenters. The van der Waals surface area contributed by atoms with Gasteiger partial charge in [0.1, 0.15) is 23.0 Å². The maximum Gasteiger partial charge on any atom is 0.118 e. The summed E-state index contributed by atoms with van der Waals surface area (Å²) in [4.78, 5) is 19.9. The van der Waals surface area contributed by atoms with Gasteiger partial charge >= 0.3 is 0 Å². The van der Waals surface area contributed by atoms with E-state index in [1.807, 2.05) is 214 Å². The minimum atomic E-state index is 0.356. The molecule has 8 nitrogen and oxygen atoms in total. The van der Waals surface area contributed by atoms with Gasteiger partial charge in [-0.1, -0.05) is 169 Å². The molecule has 0 aliphatic heterocycles. The van der Waals surface area contributed by atoms with Crippen molar-refractivity contribution in [2.45, 2.75) is 33.1 Å². The fourth-order valence-corrected chi connectivity index (χ4v) is 9.25. The molecule has 0 amide bonds. The lowest BCUT2D eigenvalue weighted by Crippen LogP contribution is -1.90. The summed E-state index contributed by atoms with van der Waals surface area (Å²) in [6, 6.07) is 72.3. The van der Waals surface area contributed by atoms with Crippen LogP contribution in [0.1, 0.15) is 77.6 Å². The van der Waals surface area contributed by atoms with E-state index in [4.69, 9.17) is 50.5 Å². The molecule has 91 heavy (non-hydrogen) atoms. The SMILES string of the molecule is CC=C(C=CCC=C(C=CCC=C(C=CCC=C(C=C(C)CCl)N=C=C(c1ccccc1)c1ccc(OC)cc1)N=C=C(c1ccccc1)c1ccc(OC)cc1)N=C=C(c1ccccc1)c1ccc(OC)cc1)N=C=C(c1ccccc1)c1ccc(OC)cc1. The number of ether oxygens (including phenoxy) is 4. The van der Waals surface area contributed by atoms with Gasteiger partial charge in [0.25, 0.3) is 0 Å². The molecular weight excluding hydrogens is 1140 g/mol. The number of hydrogen-bond donors (Lipinski definition) is 0. The summed E-state index contributed by atoms with van der Waals surface area (Å²) in [6.45, 7) is 3.96. The normalized spacial score (nSPS) is 11.9. The lowest BCUT2D eigenvalue weighted by Gasteiger charge is -2.06. The van der Waals surface area contributed by atoms with Gasteiger partial charge in [0.2, 0.25) is 0 Å². The highest BCUT2D eigenvalue weighted by molar-refractivity contribution is 6.19. The van der Waals surface area contributed by atoms with Gasteiger partial charge in [0, 0.05) is 5.88 Å². The average molecular weight is 1210 g/mol. The topological polar surface area (TPSA) is 86.4 Å². The van der Waals surface area contributed by atoms with Gasteiger partial charge in [-0.2, -0.15) is 0 Å². The summed E-state index contributed by atoms with van der Waals surface area (Å²) in [7, 11) is 6.65. The van der Waals surface area contributed by atoms with Crippen LogP contribution < -0.4 is 18.9 Å². The summed E-state index contributed by atoms with van der Waals surface area (Å²) in [6.07, 6.45) is 24.0. The van der Waals surface area contributed by atoms with Crippen LogP contribution in [0.25, 0.3) is 22.3 Å². The number of hydrogen-bond acceptors (Lipinski definition) is 8. The van der Waals surface area contributed by atoms with Crippen LogP contribution in [0.3, 0.4) is 0 Å². The first kappa shape index (κ1) is 65.9. The molecule has 452 valence electrons. The number of alkyl halides is 1. The summed E-state index contributed by atoms with van der Waals surface area (Å²) >= 11 is 6.36. The van der Waals surface area contributed by atoms with E-state index in [-0.39, 0.29) is 0 Å². The molecule has 0 fully saturated rings. The van der Waals surface area contributed by atoms with Crippen LogP contribution in [0.15, 0.2) is 334 Å². The first-order valence-electron chi connectivity index (χ1n) is 29.9. The smallest absolute Gasteiger partial charge is 0.118 e. The molecule has 9 heteroatoms. The van der Waals surface area contributed by atoms with E-state index in [1.165, 1.54) is 0 Å². The van der Waals surface area contributed by atoms with Crippen molar-refractivity contribution in [3.8, 4) is 23.0 Å². The highest BCUT2D eigenvalue weighted by Crippen LogP contribution is 2.28. The Morgan fingerprint density at radius 2 is 0.582 bits per heavy atom. The minimum absolute atomic E-state index is 0.356. The van der Waals surface area contributed by atoms with Crippen molar-refractivity contribution >= 4 is 57.4 Å². The summed E-state index contributed by atoms with van der Waals surface area (Å²) in [5, 5.41) is 0. The molecule has 8 aromatic carbocycles. The van der Waals surface area contributed by atoms with E-state index in [2.05, 4.69) is 108 Å². The Morgan fingerprint density at radius 1 is 0.341 bits per heavy atom. The molecule has 0 atom stereocenters. The zero-order valence-corrected chi connectivity index (χ0v) is 53.0. The van der Waals surface area contributed by atoms with E-state index in [1.54, 1.807) is 28.4 Å². The highest BCUT2D eigenvalue weighted by atomic mass is 35.5. The number of halogens is 1. The van der Waals surface area contributed by atoms with Crippen LogP contribution in [-0.4, -0.2) is 57.8 Å². The predicted octanol–water partition coefficient (Wildman–Crippen LogP) is 19.8. The Hall–Kier alpha value is -11.0. The highest BCUT2D eigenvalue weighted by Gasteiger charge is 2.10. The number of aliphatic imine (C=N–C) groups is 4. The van der Waals surface area contributed by atoms with E-state index in [0.29, 0.717) is 42.2 Å². The Morgan fingerprint density at radius 3 is 0.846 bits per heavy atom. The molecule has 0 radical (unpaired) electrons. The van der Waals surface area contributed by atoms with Crippen molar-refractivity contribution in [2.75, 3.05) is 34.3 Å². The van der Waals surface area contributed by atoms with Gasteiger partial charge in [0.15, 0.2) is 0 Å². The van der Waals surface area contributed by atoms with Crippen molar-refractivity contribution in [3.63, 3.8) is 0 Å². The van der Waals surface area contributed by atoms with E-state index >= 15 is 0 Å². The molecule has 8 rings (SSSR count). The van der Waals surface area contributed by atoms with Crippen molar-refractivity contribution in [2.24, 2.45) is 20.0 Å². The van der Waals surface area contributed by atoms with Gasteiger partial charge in [-0.25, -0.2) is 20.0 Å². The standard InChI is InChI=1S/C82H73ClN4O4/c1-7-71(84-58-79(63-26-12-8-13-27-63)67-40-48-75(88-3)49-41-67)34-20-21-35-72(85-59-80(64-28-14-9-15-29-64)68-42-50-76(89-4)51-43-68)36-22-23-37-73(86-60-81(65-30-16-10-17-31-65)69-44-52-77(90-5)53-45-69)38-24-25-39-74(56-62(2)57-83)87-61-82(66-32-18-11-19-33-66)70-46-54-78(91-6)55-47-70/h7-20,22,24,26-56H,21,23,25,57H2,1-6H3. The van der Waals surface area contributed by atoms with Gasteiger partial charge in [-0.05, 0) is 222 Å². The largest absolute Gasteiger partial charge is 0.497 e. The maximum absolute atomic E-state index is 6.36. The van der Waals surface area contributed by atoms with Crippen molar-refractivity contribution in [1.29, 1.82) is 0 Å². The molecule has 0 N–H and O–H groups in total. The number of benzene rings is 8. The van der Waals surface area contributed by atoms with Crippen LogP contribution in [0.5, 0.6) is 23.0 Å². The second kappa shape index (κ2) is 36.3. The Bertz CT molecular complexity index is 4200. The molecule has 0 aromatic heterocycles. The van der Waals surface area contributed by atoms with Gasteiger partial charge < -0.3 is 18.9 Å². The van der Waals surface area contributed by atoms with Gasteiger partial charge in [-0.15, -0.1) is 11.6 Å². The summed E-state index contributed by atoms with van der Waals surface area (Å²) < 4.78 is 21.9. The number of nitrogens with zero attached hydrogens (tertiary/aromatic N) is 4. The van der Waals surface area contributed by atoms with Gasteiger partial charge in [0.05, 0.1) is 73.5 Å². The summed E-state index contributed by atoms with van der Waals surface area (Å²) in [5.41, 5.74) is 15.0. The predicted molar refractivity (Wildman–Crippen MR) is 381 cm³/mol. The van der Waals surface area contributed by atoms with E-state index in [9.17, 15) is 0 Å². The molecule has 8 aromatic rings. The van der Waals surface area contributed by atoms with E-state index < -0.39 is 0 Å². The first-order chi connectivity index (χ1) is 44.8. The molecule has 0 saturated carbocycles. The fraction of sp³-hybridized carbons (Fsp3) is 0.122. The molecule has 0 bridgehead atoms. The van der Waals surface area contributed by atoms with Crippen LogP contribution in [0.2, 0.25) is 0 Å². The molecule has 0 aliphatic rings. The van der Waals surface area contributed by atoms with Crippen LogP contribution in [-0.2, 0) is 0 Å². The van der Waals surface area contributed by atoms with Crippen molar-refractivity contribution < 1.29 is 18.9 Å². The quantitative estimate of drug-likeness (QED) is 0.0292. The maximum atomic E-state index is 6.36. The molecule has 0 spiro atoms. The van der Waals surface area contributed by atoms with Crippen molar-refractivity contribution in [3.05, 3.63) is 358 Å². The fourth-order valence-electron chi connectivity index (χ4n) is 9.18. The second-order valence-corrected chi connectivity index (χ2v) is 20.7. The average Bonchev–Trinajstić information content (AvgIpc) is 2.27. The van der Waals surface area contributed by atoms with E-state index in [0.717, 1.165) is 101 Å². The number of rotatable bonds is 27. The third kappa shape index (κ3) is 20.8. The zero-order valence-electron chi connectivity index (χ0n) is 52.3. The third-order valence-corrected chi connectivity index (χ3v) is 14.5.